The highest BCUT2D eigenvalue weighted by molar-refractivity contribution is 7.92. The second-order valence-corrected chi connectivity index (χ2v) is 9.18. The lowest BCUT2D eigenvalue weighted by Gasteiger charge is -2.35. The summed E-state index contributed by atoms with van der Waals surface area (Å²) in [5.41, 5.74) is 1.70. The molecule has 1 aliphatic heterocycles. The van der Waals surface area contributed by atoms with Gasteiger partial charge in [-0.15, -0.1) is 6.58 Å². The number of sulfone groups is 1. The molecule has 28 heavy (non-hydrogen) atoms. The number of benzene rings is 2. The molecule has 1 heterocycles. The zero-order valence-electron chi connectivity index (χ0n) is 15.7. The third-order valence-corrected chi connectivity index (χ3v) is 7.09. The Kier molecular flexibility index (Phi) is 5.79. The molecule has 0 aliphatic carbocycles. The molecule has 3 rings (SSSR count). The SMILES string of the molecule is C=CCC1CC(S(=O)(=O)c2ccc(C)cc2)C(=O)N(Cc2ccccc2)C1=O. The molecule has 2 atom stereocenters. The van der Waals surface area contributed by atoms with Gasteiger partial charge >= 0.3 is 0 Å². The minimum Gasteiger partial charge on any atom is -0.277 e. The molecule has 0 N–H and O–H groups in total. The second-order valence-electron chi connectivity index (χ2n) is 7.05. The third kappa shape index (κ3) is 3.92. The van der Waals surface area contributed by atoms with Crippen molar-refractivity contribution in [2.24, 2.45) is 5.92 Å². The Morgan fingerprint density at radius 2 is 1.68 bits per heavy atom. The molecule has 1 fully saturated rings. The second kappa shape index (κ2) is 8.10. The van der Waals surface area contributed by atoms with E-state index in [1.807, 2.05) is 25.1 Å². The van der Waals surface area contributed by atoms with E-state index in [9.17, 15) is 18.0 Å². The Labute approximate surface area is 165 Å². The van der Waals surface area contributed by atoms with Crippen molar-refractivity contribution >= 4 is 21.7 Å². The van der Waals surface area contributed by atoms with Gasteiger partial charge in [-0.2, -0.15) is 0 Å². The van der Waals surface area contributed by atoms with E-state index in [1.165, 1.54) is 12.1 Å². The quantitative estimate of drug-likeness (QED) is 0.554. The number of amides is 2. The molecule has 0 saturated carbocycles. The molecular weight excluding hydrogens is 374 g/mol. The standard InChI is InChI=1S/C22H23NO4S/c1-3-7-18-14-20(28(26,27)19-12-10-16(2)11-13-19)22(25)23(21(18)24)15-17-8-5-4-6-9-17/h3-6,8-13,18,20H,1,7,14-15H2,2H3. The number of allylic oxidation sites excluding steroid dienone is 1. The molecule has 2 amide bonds. The lowest BCUT2D eigenvalue weighted by atomic mass is 9.92. The zero-order valence-corrected chi connectivity index (χ0v) is 16.6. The van der Waals surface area contributed by atoms with Crippen molar-refractivity contribution in [3.05, 3.63) is 78.4 Å². The van der Waals surface area contributed by atoms with Crippen molar-refractivity contribution in [2.75, 3.05) is 0 Å². The van der Waals surface area contributed by atoms with Crippen molar-refractivity contribution in [3.63, 3.8) is 0 Å². The van der Waals surface area contributed by atoms with Gasteiger partial charge < -0.3 is 0 Å². The van der Waals surface area contributed by atoms with E-state index >= 15 is 0 Å². The van der Waals surface area contributed by atoms with Gasteiger partial charge in [0.1, 0.15) is 5.25 Å². The smallest absolute Gasteiger partial charge is 0.248 e. The average molecular weight is 397 g/mol. The van der Waals surface area contributed by atoms with Gasteiger partial charge in [-0.05, 0) is 37.5 Å². The largest absolute Gasteiger partial charge is 0.277 e. The molecule has 2 aromatic carbocycles. The maximum atomic E-state index is 13.2. The van der Waals surface area contributed by atoms with Crippen LogP contribution in [0, 0.1) is 12.8 Å². The molecule has 146 valence electrons. The molecule has 2 aromatic rings. The minimum absolute atomic E-state index is 0.0226. The number of nitrogens with zero attached hydrogens (tertiary/aromatic N) is 1. The molecule has 0 radical (unpaired) electrons. The van der Waals surface area contributed by atoms with E-state index in [1.54, 1.807) is 30.3 Å². The summed E-state index contributed by atoms with van der Waals surface area (Å²) in [5, 5.41) is -1.28. The highest BCUT2D eigenvalue weighted by Gasteiger charge is 2.46. The fraction of sp³-hybridized carbons (Fsp3) is 0.273. The molecule has 6 heteroatoms. The number of carbonyl (C=O) groups excluding carboxylic acids is 2. The molecule has 0 aromatic heterocycles. The summed E-state index contributed by atoms with van der Waals surface area (Å²) in [6, 6.07) is 15.5. The van der Waals surface area contributed by atoms with Crippen LogP contribution in [0.4, 0.5) is 0 Å². The topological polar surface area (TPSA) is 71.5 Å². The van der Waals surface area contributed by atoms with Crippen LogP contribution in [0.1, 0.15) is 24.0 Å². The number of hydrogen-bond acceptors (Lipinski definition) is 4. The Bertz CT molecular complexity index is 981. The first-order valence-corrected chi connectivity index (χ1v) is 10.7. The summed E-state index contributed by atoms with van der Waals surface area (Å²) < 4.78 is 26.4. The van der Waals surface area contributed by atoms with Crippen LogP contribution >= 0.6 is 0 Å². The summed E-state index contributed by atoms with van der Waals surface area (Å²) in [6.07, 6.45) is 1.90. The average Bonchev–Trinajstić information content (AvgIpc) is 2.68. The van der Waals surface area contributed by atoms with Gasteiger partial charge in [-0.25, -0.2) is 8.42 Å². The predicted octanol–water partition coefficient (Wildman–Crippen LogP) is 3.29. The number of carbonyl (C=O) groups is 2. The normalized spacial score (nSPS) is 20.2. The minimum atomic E-state index is -3.91. The van der Waals surface area contributed by atoms with Crippen molar-refractivity contribution in [1.29, 1.82) is 0 Å². The zero-order chi connectivity index (χ0) is 20.3. The number of piperidine rings is 1. The van der Waals surface area contributed by atoms with Crippen LogP contribution in [0.25, 0.3) is 0 Å². The highest BCUT2D eigenvalue weighted by Crippen LogP contribution is 2.31. The highest BCUT2D eigenvalue weighted by atomic mass is 32.2. The number of likely N-dealkylation sites (tertiary alicyclic amines) is 1. The van der Waals surface area contributed by atoms with Crippen molar-refractivity contribution < 1.29 is 18.0 Å². The fourth-order valence-electron chi connectivity index (χ4n) is 3.43. The molecule has 0 spiro atoms. The first-order valence-electron chi connectivity index (χ1n) is 9.15. The van der Waals surface area contributed by atoms with E-state index in [-0.39, 0.29) is 23.8 Å². The third-order valence-electron chi connectivity index (χ3n) is 5.01. The summed E-state index contributed by atoms with van der Waals surface area (Å²) in [7, 11) is -3.91. The Morgan fingerprint density at radius 1 is 1.04 bits per heavy atom. The van der Waals surface area contributed by atoms with Gasteiger partial charge in [0.05, 0.1) is 11.4 Å². The fourth-order valence-corrected chi connectivity index (χ4v) is 5.16. The van der Waals surface area contributed by atoms with E-state index in [2.05, 4.69) is 6.58 Å². The maximum absolute atomic E-state index is 13.2. The van der Waals surface area contributed by atoms with Crippen LogP contribution in [0.5, 0.6) is 0 Å². The first kappa shape index (κ1) is 20.0. The van der Waals surface area contributed by atoms with Gasteiger partial charge in [0.15, 0.2) is 9.84 Å². The van der Waals surface area contributed by atoms with Crippen LogP contribution in [-0.4, -0.2) is 30.4 Å². The Hall–Kier alpha value is -2.73. The Morgan fingerprint density at radius 3 is 2.29 bits per heavy atom. The lowest BCUT2D eigenvalue weighted by molar-refractivity contribution is -0.152. The summed E-state index contributed by atoms with van der Waals surface area (Å²) >= 11 is 0. The number of rotatable bonds is 6. The number of aryl methyl sites for hydroxylation is 1. The molecule has 1 aliphatic rings. The first-order chi connectivity index (χ1) is 13.3. The monoisotopic (exact) mass is 397 g/mol. The summed E-state index contributed by atoms with van der Waals surface area (Å²) in [5.74, 6) is -1.58. The summed E-state index contributed by atoms with van der Waals surface area (Å²) in [6.45, 7) is 5.59. The van der Waals surface area contributed by atoms with Crippen LogP contribution in [0.15, 0.2) is 72.1 Å². The van der Waals surface area contributed by atoms with E-state index < -0.39 is 26.9 Å². The van der Waals surface area contributed by atoms with E-state index in [0.29, 0.717) is 6.42 Å². The molecule has 5 nitrogen and oxygen atoms in total. The Balaban J connectivity index is 1.98. The van der Waals surface area contributed by atoms with Gasteiger partial charge in [0, 0.05) is 5.92 Å². The van der Waals surface area contributed by atoms with Crippen LogP contribution in [0.2, 0.25) is 0 Å². The van der Waals surface area contributed by atoms with Crippen molar-refractivity contribution in [3.8, 4) is 0 Å². The molecule has 2 unspecified atom stereocenters. The van der Waals surface area contributed by atoms with E-state index in [0.717, 1.165) is 16.0 Å². The number of hydrogen-bond donors (Lipinski definition) is 0. The van der Waals surface area contributed by atoms with Crippen molar-refractivity contribution in [2.45, 2.75) is 36.5 Å². The summed E-state index contributed by atoms with van der Waals surface area (Å²) in [4.78, 5) is 27.1. The maximum Gasteiger partial charge on any atom is 0.248 e. The van der Waals surface area contributed by atoms with Crippen LogP contribution in [-0.2, 0) is 26.0 Å². The van der Waals surface area contributed by atoms with Crippen LogP contribution < -0.4 is 0 Å². The predicted molar refractivity (Wildman–Crippen MR) is 107 cm³/mol. The van der Waals surface area contributed by atoms with Gasteiger partial charge in [0.2, 0.25) is 11.8 Å². The molecule has 1 saturated heterocycles. The molecule has 0 bridgehead atoms. The molecular formula is C22H23NO4S. The van der Waals surface area contributed by atoms with E-state index in [4.69, 9.17) is 0 Å². The van der Waals surface area contributed by atoms with Crippen LogP contribution in [0.3, 0.4) is 0 Å². The number of imide groups is 1. The van der Waals surface area contributed by atoms with Crippen molar-refractivity contribution in [1.82, 2.24) is 4.90 Å². The van der Waals surface area contributed by atoms with Gasteiger partial charge in [-0.3, -0.25) is 14.5 Å². The van der Waals surface area contributed by atoms with Gasteiger partial charge in [-0.1, -0.05) is 54.1 Å². The lowest BCUT2D eigenvalue weighted by Crippen LogP contribution is -2.53. The van der Waals surface area contributed by atoms with Gasteiger partial charge in [0.25, 0.3) is 0 Å².